The van der Waals surface area contributed by atoms with Crippen molar-refractivity contribution < 1.29 is 19.3 Å². The molecule has 3 aromatic rings. The highest BCUT2D eigenvalue weighted by atomic mass is 35.5. The van der Waals surface area contributed by atoms with Gasteiger partial charge in [-0.25, -0.2) is 0 Å². The number of aromatic nitrogens is 2. The number of halogens is 1. The first-order chi connectivity index (χ1) is 17.2. The van der Waals surface area contributed by atoms with E-state index in [9.17, 15) is 5.11 Å². The van der Waals surface area contributed by atoms with Gasteiger partial charge in [0.05, 0.1) is 19.9 Å². The minimum Gasteiger partial charge on any atom is -0.493 e. The van der Waals surface area contributed by atoms with E-state index >= 15 is 0 Å². The molecular formula is C28H36ClN3O4. The molecule has 1 atom stereocenters. The number of likely N-dealkylation sites (tertiary alicyclic amines) is 1. The van der Waals surface area contributed by atoms with E-state index in [1.165, 1.54) is 0 Å². The van der Waals surface area contributed by atoms with Gasteiger partial charge in [-0.3, -0.25) is 9.58 Å². The van der Waals surface area contributed by atoms with Gasteiger partial charge in [-0.1, -0.05) is 17.7 Å². The molecule has 2 aromatic carbocycles. The molecule has 1 aliphatic heterocycles. The first-order valence-corrected chi connectivity index (χ1v) is 12.8. The minimum absolute atomic E-state index is 0.244. The Kier molecular flexibility index (Phi) is 8.44. The van der Waals surface area contributed by atoms with E-state index in [4.69, 9.17) is 25.8 Å². The van der Waals surface area contributed by atoms with Crippen LogP contribution in [-0.2, 0) is 13.1 Å². The molecule has 0 aliphatic carbocycles. The number of piperidine rings is 1. The Morgan fingerprint density at radius 1 is 1.08 bits per heavy atom. The Balaban J connectivity index is 1.35. The van der Waals surface area contributed by atoms with Gasteiger partial charge in [-0.2, -0.15) is 5.10 Å². The molecule has 2 heterocycles. The fourth-order valence-corrected chi connectivity index (χ4v) is 4.80. The van der Waals surface area contributed by atoms with Crippen LogP contribution in [-0.4, -0.2) is 58.8 Å². The molecule has 0 spiro atoms. The number of aliphatic hydroxyl groups is 1. The van der Waals surface area contributed by atoms with Crippen LogP contribution in [0, 0.1) is 20.8 Å². The van der Waals surface area contributed by atoms with Crippen LogP contribution >= 0.6 is 11.6 Å². The summed E-state index contributed by atoms with van der Waals surface area (Å²) in [6.45, 7) is 9.51. The maximum Gasteiger partial charge on any atom is 0.161 e. The number of rotatable bonds is 10. The Hall–Kier alpha value is -2.74. The first kappa shape index (κ1) is 26.3. The molecule has 1 N–H and O–H groups in total. The molecule has 0 amide bonds. The van der Waals surface area contributed by atoms with E-state index in [2.05, 4.69) is 10.00 Å². The van der Waals surface area contributed by atoms with Gasteiger partial charge in [0.25, 0.3) is 0 Å². The fraction of sp³-hybridized carbons (Fsp3) is 0.464. The maximum absolute atomic E-state index is 11.3. The second-order valence-corrected chi connectivity index (χ2v) is 10.2. The van der Waals surface area contributed by atoms with Gasteiger partial charge in [0.1, 0.15) is 24.6 Å². The van der Waals surface area contributed by atoms with Gasteiger partial charge in [-0.15, -0.1) is 0 Å². The monoisotopic (exact) mass is 513 g/mol. The van der Waals surface area contributed by atoms with E-state index in [-0.39, 0.29) is 6.61 Å². The molecule has 8 heteroatoms. The van der Waals surface area contributed by atoms with Crippen LogP contribution in [0.2, 0.25) is 5.02 Å². The smallest absolute Gasteiger partial charge is 0.161 e. The number of β-amino-alcohol motifs (C(OH)–C–C–N with tert-alkyl or cyclic N) is 1. The van der Waals surface area contributed by atoms with E-state index in [0.717, 1.165) is 46.0 Å². The highest BCUT2D eigenvalue weighted by Gasteiger charge is 2.34. The minimum atomic E-state index is -0.909. The lowest BCUT2D eigenvalue weighted by Crippen LogP contribution is -2.51. The molecule has 1 aliphatic rings. The van der Waals surface area contributed by atoms with E-state index in [0.29, 0.717) is 44.2 Å². The summed E-state index contributed by atoms with van der Waals surface area (Å²) >= 11 is 6.28. The maximum atomic E-state index is 11.3. The Labute approximate surface area is 218 Å². The summed E-state index contributed by atoms with van der Waals surface area (Å²) in [4.78, 5) is 2.27. The van der Waals surface area contributed by atoms with Crippen molar-refractivity contribution in [2.24, 2.45) is 0 Å². The summed E-state index contributed by atoms with van der Waals surface area (Å²) in [7, 11) is 1.65. The Morgan fingerprint density at radius 3 is 2.56 bits per heavy atom. The topological polar surface area (TPSA) is 69.0 Å². The summed E-state index contributed by atoms with van der Waals surface area (Å²) in [5, 5.41) is 16.3. The Morgan fingerprint density at radius 2 is 1.86 bits per heavy atom. The zero-order valence-corrected chi connectivity index (χ0v) is 22.3. The third-order valence-electron chi connectivity index (χ3n) is 6.53. The van der Waals surface area contributed by atoms with E-state index in [1.54, 1.807) is 7.11 Å². The molecule has 0 unspecified atom stereocenters. The quantitative estimate of drug-likeness (QED) is 0.413. The number of ether oxygens (including phenoxy) is 3. The molecule has 0 radical (unpaired) electrons. The van der Waals surface area contributed by atoms with Crippen molar-refractivity contribution in [3.63, 3.8) is 0 Å². The second kappa shape index (κ2) is 11.5. The summed E-state index contributed by atoms with van der Waals surface area (Å²) in [5.74, 6) is 2.15. The standard InChI is InChI=1S/C28H36ClN3O4/c1-20-15-30-32(16-20)10-11-35-26-14-23(6-7-25(26)34-4)17-31-9-5-8-28(33,18-31)19-36-24-12-21(2)27(29)22(3)13-24/h6-7,12-16,33H,5,8-11,17-19H2,1-4H3/t28-/m0/s1. The zero-order chi connectivity index (χ0) is 25.7. The molecule has 36 heavy (non-hydrogen) atoms. The highest BCUT2D eigenvalue weighted by Crippen LogP contribution is 2.31. The van der Waals surface area contributed by atoms with Gasteiger partial charge in [-0.05, 0) is 86.7 Å². The number of hydrogen-bond acceptors (Lipinski definition) is 6. The second-order valence-electron chi connectivity index (χ2n) is 9.81. The van der Waals surface area contributed by atoms with E-state index in [1.807, 2.05) is 68.2 Å². The van der Waals surface area contributed by atoms with E-state index < -0.39 is 5.60 Å². The normalized spacial score (nSPS) is 18.3. The molecular weight excluding hydrogens is 478 g/mol. The Bertz CT molecular complexity index is 1160. The van der Waals surface area contributed by atoms with Crippen molar-refractivity contribution in [1.29, 1.82) is 0 Å². The molecule has 194 valence electrons. The number of aryl methyl sites for hydroxylation is 3. The number of benzene rings is 2. The predicted octanol–water partition coefficient (Wildman–Crippen LogP) is 4.96. The van der Waals surface area contributed by atoms with Crippen molar-refractivity contribution >= 4 is 11.6 Å². The average molecular weight is 514 g/mol. The molecule has 0 saturated carbocycles. The summed E-state index contributed by atoms with van der Waals surface area (Å²) in [5.41, 5.74) is 3.27. The summed E-state index contributed by atoms with van der Waals surface area (Å²) in [6, 6.07) is 9.85. The van der Waals surface area contributed by atoms with Crippen LogP contribution in [0.5, 0.6) is 17.2 Å². The molecule has 1 fully saturated rings. The van der Waals surface area contributed by atoms with Crippen LogP contribution in [0.3, 0.4) is 0 Å². The predicted molar refractivity (Wildman–Crippen MR) is 141 cm³/mol. The van der Waals surface area contributed by atoms with Gasteiger partial charge >= 0.3 is 0 Å². The molecule has 7 nitrogen and oxygen atoms in total. The lowest BCUT2D eigenvalue weighted by atomic mass is 9.93. The first-order valence-electron chi connectivity index (χ1n) is 12.4. The van der Waals surface area contributed by atoms with Crippen LogP contribution < -0.4 is 14.2 Å². The van der Waals surface area contributed by atoms with Crippen LogP contribution in [0.15, 0.2) is 42.7 Å². The van der Waals surface area contributed by atoms with Crippen LogP contribution in [0.4, 0.5) is 0 Å². The zero-order valence-electron chi connectivity index (χ0n) is 21.6. The fourth-order valence-electron chi connectivity index (χ4n) is 4.69. The van der Waals surface area contributed by atoms with Gasteiger partial charge in [0.15, 0.2) is 11.5 Å². The highest BCUT2D eigenvalue weighted by molar-refractivity contribution is 6.32. The summed E-state index contributed by atoms with van der Waals surface area (Å²) < 4.78 is 19.4. The molecule has 1 aromatic heterocycles. The lowest BCUT2D eigenvalue weighted by molar-refractivity contribution is -0.0621. The molecule has 1 saturated heterocycles. The van der Waals surface area contributed by atoms with Gasteiger partial charge in [0.2, 0.25) is 0 Å². The number of methoxy groups -OCH3 is 1. The van der Waals surface area contributed by atoms with Crippen molar-refractivity contribution in [2.75, 3.05) is 33.4 Å². The lowest BCUT2D eigenvalue weighted by Gasteiger charge is -2.39. The average Bonchev–Trinajstić information content (AvgIpc) is 3.26. The molecule has 0 bridgehead atoms. The van der Waals surface area contributed by atoms with Gasteiger partial charge in [0, 0.05) is 24.3 Å². The third kappa shape index (κ3) is 6.72. The van der Waals surface area contributed by atoms with Crippen molar-refractivity contribution in [1.82, 2.24) is 14.7 Å². The third-order valence-corrected chi connectivity index (χ3v) is 7.12. The van der Waals surface area contributed by atoms with Crippen molar-refractivity contribution in [3.8, 4) is 17.2 Å². The molecule has 4 rings (SSSR count). The van der Waals surface area contributed by atoms with Crippen molar-refractivity contribution in [2.45, 2.75) is 52.3 Å². The SMILES string of the molecule is COc1ccc(CN2CCC[C@@](O)(COc3cc(C)c(Cl)c(C)c3)C2)cc1OCCn1cc(C)cn1. The van der Waals surface area contributed by atoms with Crippen LogP contribution in [0.25, 0.3) is 0 Å². The summed E-state index contributed by atoms with van der Waals surface area (Å²) in [6.07, 6.45) is 5.44. The van der Waals surface area contributed by atoms with Crippen molar-refractivity contribution in [3.05, 3.63) is 70.0 Å². The largest absolute Gasteiger partial charge is 0.493 e. The van der Waals surface area contributed by atoms with Crippen LogP contribution in [0.1, 0.15) is 35.1 Å². The van der Waals surface area contributed by atoms with Gasteiger partial charge < -0.3 is 19.3 Å². The number of hydrogen-bond donors (Lipinski definition) is 1. The number of nitrogens with zero attached hydrogens (tertiary/aromatic N) is 3.